The third kappa shape index (κ3) is 19.4. The lowest BCUT2D eigenvalue weighted by molar-refractivity contribution is -0.140. The molecule has 406 valence electrons. The van der Waals surface area contributed by atoms with Crippen LogP contribution in [-0.2, 0) is 60.8 Å². The number of carbonyl (C=O) groups excluding carboxylic acids is 10. The summed E-state index contributed by atoms with van der Waals surface area (Å²) in [5.74, 6) is -6.19. The number of aliphatic hydroxyl groups excluding tert-OH is 1. The molecule has 0 bridgehead atoms. The normalized spacial score (nSPS) is 16.2. The molecule has 9 atom stereocenters. The predicted octanol–water partition coefficient (Wildman–Crippen LogP) is -1.98. The highest BCUT2D eigenvalue weighted by Crippen LogP contribution is 2.17. The lowest BCUT2D eigenvalue weighted by atomic mass is 10.1. The summed E-state index contributed by atoms with van der Waals surface area (Å²) in [7, 11) is 7.11. The van der Waals surface area contributed by atoms with Gasteiger partial charge in [0.05, 0.1) is 19.1 Å². The van der Waals surface area contributed by atoms with Crippen molar-refractivity contribution < 1.29 is 53.1 Å². The van der Waals surface area contributed by atoms with Gasteiger partial charge in [0.1, 0.15) is 48.3 Å². The van der Waals surface area contributed by atoms with Crippen LogP contribution in [0.1, 0.15) is 78.4 Å². The molecule has 0 aromatic heterocycles. The number of amides is 10. The second-order valence-electron chi connectivity index (χ2n) is 18.8. The fourth-order valence-corrected chi connectivity index (χ4v) is 7.63. The molecule has 0 unspecified atom stereocenters. The molecule has 3 rings (SSSR count). The molecule has 11 N–H and O–H groups in total. The van der Waals surface area contributed by atoms with Gasteiger partial charge < -0.3 is 68.1 Å². The van der Waals surface area contributed by atoms with Gasteiger partial charge in [-0.2, -0.15) is 0 Å². The maximum Gasteiger partial charge on any atom is 0.246 e. The van der Waals surface area contributed by atoms with E-state index >= 15 is 0 Å². The number of hydrogen-bond acceptors (Lipinski definition) is 12. The van der Waals surface area contributed by atoms with E-state index in [2.05, 4.69) is 47.5 Å². The van der Waals surface area contributed by atoms with Crippen LogP contribution in [0.4, 0.5) is 5.69 Å². The molecule has 0 saturated carbocycles. The van der Waals surface area contributed by atoms with Crippen LogP contribution in [0.25, 0.3) is 0 Å². The van der Waals surface area contributed by atoms with Crippen molar-refractivity contribution in [3.63, 3.8) is 0 Å². The van der Waals surface area contributed by atoms with Gasteiger partial charge in [-0.05, 0) is 90.5 Å². The van der Waals surface area contributed by atoms with Gasteiger partial charge in [-0.25, -0.2) is 0 Å². The highest BCUT2D eigenvalue weighted by molar-refractivity contribution is 6.00. The highest BCUT2D eigenvalue weighted by atomic mass is 16.3. The first kappa shape index (κ1) is 60.7. The zero-order chi connectivity index (χ0) is 55.4. The van der Waals surface area contributed by atoms with Crippen LogP contribution in [0.3, 0.4) is 0 Å². The minimum Gasteiger partial charge on any atom is -0.391 e. The first-order valence-electron chi connectivity index (χ1n) is 24.5. The Morgan fingerprint density at radius 1 is 0.662 bits per heavy atom. The van der Waals surface area contributed by atoms with E-state index in [1.54, 1.807) is 62.3 Å². The Hall–Kier alpha value is -7.63. The smallest absolute Gasteiger partial charge is 0.246 e. The Morgan fingerprint density at radius 3 is 1.73 bits per heavy atom. The molecule has 1 heterocycles. The van der Waals surface area contributed by atoms with Crippen LogP contribution in [0.15, 0.2) is 59.6 Å². The molecule has 74 heavy (non-hydrogen) atoms. The van der Waals surface area contributed by atoms with Crippen molar-refractivity contribution in [3.05, 3.63) is 65.7 Å². The summed E-state index contributed by atoms with van der Waals surface area (Å²) >= 11 is 0. The van der Waals surface area contributed by atoms with Crippen molar-refractivity contribution in [3.8, 4) is 0 Å². The van der Waals surface area contributed by atoms with Crippen LogP contribution in [0, 0.1) is 0 Å². The average Bonchev–Trinajstić information content (AvgIpc) is 3.69. The van der Waals surface area contributed by atoms with E-state index in [1.807, 2.05) is 30.3 Å². The number of likely N-dealkylation sites (tertiary alicyclic amines) is 1. The number of nitrogens with zero attached hydrogens (tertiary/aromatic N) is 4. The molecule has 1 saturated heterocycles. The lowest BCUT2D eigenvalue weighted by Gasteiger charge is -2.27. The number of anilines is 1. The highest BCUT2D eigenvalue weighted by Gasteiger charge is 2.40. The van der Waals surface area contributed by atoms with Crippen molar-refractivity contribution in [2.75, 3.05) is 46.6 Å². The number of aryl methyl sites for hydroxylation is 1. The third-order valence-electron chi connectivity index (χ3n) is 11.9. The largest absolute Gasteiger partial charge is 0.391 e. The maximum absolute atomic E-state index is 13.6. The molecule has 1 aliphatic heterocycles. The van der Waals surface area contributed by atoms with E-state index in [4.69, 9.17) is 5.73 Å². The van der Waals surface area contributed by atoms with E-state index < -0.39 is 108 Å². The van der Waals surface area contributed by atoms with Crippen molar-refractivity contribution in [2.45, 2.75) is 135 Å². The van der Waals surface area contributed by atoms with Gasteiger partial charge in [0.2, 0.25) is 59.1 Å². The van der Waals surface area contributed by atoms with Crippen molar-refractivity contribution >= 4 is 70.7 Å². The summed E-state index contributed by atoms with van der Waals surface area (Å²) in [4.78, 5) is 139. The van der Waals surface area contributed by atoms with Gasteiger partial charge >= 0.3 is 0 Å². The topological polar surface area (TPSA) is 335 Å². The van der Waals surface area contributed by atoms with Gasteiger partial charge in [-0.3, -0.25) is 52.9 Å². The van der Waals surface area contributed by atoms with Crippen LogP contribution in [0.2, 0.25) is 0 Å². The number of carbonyl (C=O) groups is 10. The summed E-state index contributed by atoms with van der Waals surface area (Å²) in [6, 6.07) is 6.64. The Bertz CT molecular complexity index is 2320. The summed E-state index contributed by atoms with van der Waals surface area (Å²) in [6.45, 7) is 8.12. The van der Waals surface area contributed by atoms with Crippen molar-refractivity contribution in [1.82, 2.24) is 51.9 Å². The molecule has 10 amide bonds. The first-order valence-corrected chi connectivity index (χ1v) is 24.5. The van der Waals surface area contributed by atoms with Gasteiger partial charge in [-0.15, -0.1) is 0 Å². The van der Waals surface area contributed by atoms with E-state index in [0.717, 1.165) is 18.4 Å². The van der Waals surface area contributed by atoms with Crippen molar-refractivity contribution in [1.29, 1.82) is 0 Å². The number of primary amides is 1. The van der Waals surface area contributed by atoms with Gasteiger partial charge in [0.25, 0.3) is 0 Å². The molecule has 0 radical (unpaired) electrons. The van der Waals surface area contributed by atoms with E-state index in [9.17, 15) is 53.1 Å². The Labute approximate surface area is 432 Å². The standard InChI is InChI=1S/C50H75N13O11/c1-28(53-43(68)29(2)56-47(72)38(27-52-50(61(7)8)62(9)10)58-40(66)19-15-14-18-34-16-12-11-13-17-34)42(67)54-31(4)45(70)60-41(33(6)64)48(73)59-37-24-25-63(49(37)74)32(5)46(71)55-30(3)44(69)57-36-22-20-35(21-23-36)26-39(51)65/h11-13,16-17,20-23,28-33,37-38,41,64H,14-15,18-19,24-27H2,1-10H3,(H2,51,65)(H,53,68)(H,54,67)(H,55,71)(H,56,72)(H,57,69)(H,58,66)(H,59,73)(H,60,70)/t28-,29-,30-,31-,32-,33-,37+,38-,41+/m0/s1. The summed E-state index contributed by atoms with van der Waals surface area (Å²) in [5, 5.41) is 30.9. The average molecular weight is 1030 g/mol. The zero-order valence-electron chi connectivity index (χ0n) is 43.9. The summed E-state index contributed by atoms with van der Waals surface area (Å²) in [6.07, 6.45) is 0.936. The summed E-state index contributed by atoms with van der Waals surface area (Å²) in [5.41, 5.74) is 7.44. The van der Waals surface area contributed by atoms with Gasteiger partial charge in [-0.1, -0.05) is 42.5 Å². The fraction of sp³-hybridized carbons (Fsp3) is 0.540. The molecular weight excluding hydrogens is 959 g/mol. The number of nitrogens with one attached hydrogen (secondary N) is 8. The number of nitrogens with two attached hydrogens (primary N) is 1. The number of guanidine groups is 1. The van der Waals surface area contributed by atoms with Gasteiger partial charge in [0, 0.05) is 46.8 Å². The molecular formula is C50H75N13O11. The molecule has 2 aromatic rings. The SMILES string of the molecule is C[C@H](NC(=O)[C@H](C)NC(=O)[C@H](CN=C(N(C)C)N(C)C)NC(=O)CCCCc1ccccc1)C(=O)N[C@@H](C)C(=O)N[C@@H](C(=O)N[C@@H]1CCN([C@@H](C)C(=O)N[C@@H](C)C(=O)Nc2ccc(CC(N)=O)cc2)C1=O)[C@H](C)O. The van der Waals surface area contributed by atoms with E-state index in [-0.39, 0.29) is 38.3 Å². The van der Waals surface area contributed by atoms with E-state index in [0.29, 0.717) is 23.6 Å². The molecule has 24 nitrogen and oxygen atoms in total. The number of unbranched alkanes of at least 4 members (excludes halogenated alkanes) is 1. The van der Waals surface area contributed by atoms with Gasteiger partial charge in [0.15, 0.2) is 5.96 Å². The quantitative estimate of drug-likeness (QED) is 0.0278. The maximum atomic E-state index is 13.6. The molecule has 0 aliphatic carbocycles. The monoisotopic (exact) mass is 1030 g/mol. The Morgan fingerprint density at radius 2 is 1.19 bits per heavy atom. The number of rotatable bonds is 26. The van der Waals surface area contributed by atoms with Crippen LogP contribution in [-0.4, -0.2) is 181 Å². The zero-order valence-corrected chi connectivity index (χ0v) is 43.9. The molecule has 1 fully saturated rings. The van der Waals surface area contributed by atoms with E-state index in [1.165, 1.54) is 46.4 Å². The Kier molecular flexibility index (Phi) is 23.9. The first-order chi connectivity index (χ1) is 34.8. The number of aliphatic hydroxyl groups is 1. The second kappa shape index (κ2) is 29.2. The Balaban J connectivity index is 1.51. The van der Waals surface area contributed by atoms with Crippen LogP contribution in [0.5, 0.6) is 0 Å². The van der Waals surface area contributed by atoms with Crippen LogP contribution < -0.4 is 48.3 Å². The number of benzene rings is 2. The minimum atomic E-state index is -1.58. The fourth-order valence-electron chi connectivity index (χ4n) is 7.63. The predicted molar refractivity (Wildman–Crippen MR) is 275 cm³/mol. The third-order valence-corrected chi connectivity index (χ3v) is 11.9. The number of hydrogen-bond donors (Lipinski definition) is 10. The molecule has 1 aliphatic rings. The molecule has 24 heteroatoms. The second-order valence-corrected chi connectivity index (χ2v) is 18.8. The summed E-state index contributed by atoms with van der Waals surface area (Å²) < 4.78 is 0. The van der Waals surface area contributed by atoms with Crippen molar-refractivity contribution in [2.24, 2.45) is 10.7 Å². The lowest BCUT2D eigenvalue weighted by Crippen LogP contribution is -2.60. The number of aliphatic imine (C=N–C) groups is 1. The molecule has 0 spiro atoms. The molecule has 2 aromatic carbocycles. The van der Waals surface area contributed by atoms with Crippen LogP contribution >= 0.6 is 0 Å². The minimum absolute atomic E-state index is 0.0337.